The average Bonchev–Trinajstić information content (AvgIpc) is 3.24. The van der Waals surface area contributed by atoms with Gasteiger partial charge in [-0.05, 0) is 43.9 Å². The zero-order chi connectivity index (χ0) is 24.1. The van der Waals surface area contributed by atoms with E-state index in [1.165, 1.54) is 4.31 Å². The molecule has 2 aromatic carbocycles. The Balaban J connectivity index is 1.41. The molecule has 4 rings (SSSR count). The monoisotopic (exact) mass is 479 g/mol. The van der Waals surface area contributed by atoms with Crippen LogP contribution in [0.25, 0.3) is 12.2 Å². The van der Waals surface area contributed by atoms with Crippen LogP contribution in [-0.2, 0) is 21.4 Å². The van der Waals surface area contributed by atoms with Gasteiger partial charge in [0.2, 0.25) is 15.9 Å². The van der Waals surface area contributed by atoms with Crippen molar-refractivity contribution >= 4 is 28.1 Å². The Morgan fingerprint density at radius 2 is 1.74 bits per heavy atom. The Labute approximate surface area is 200 Å². The summed E-state index contributed by atoms with van der Waals surface area (Å²) in [7, 11) is -3.80. The molecule has 178 valence electrons. The van der Waals surface area contributed by atoms with Crippen molar-refractivity contribution in [3.63, 3.8) is 0 Å². The lowest BCUT2D eigenvalue weighted by molar-refractivity contribution is -0.126. The number of hydrogen-bond acceptors (Lipinski definition) is 5. The van der Waals surface area contributed by atoms with Crippen molar-refractivity contribution in [2.75, 3.05) is 13.1 Å². The Hall–Kier alpha value is -3.23. The average molecular weight is 480 g/mol. The summed E-state index contributed by atoms with van der Waals surface area (Å²) < 4.78 is 33.6. The maximum Gasteiger partial charge on any atom is 0.248 e. The van der Waals surface area contributed by atoms with Crippen molar-refractivity contribution in [1.82, 2.24) is 14.8 Å². The Morgan fingerprint density at radius 1 is 1.06 bits per heavy atom. The van der Waals surface area contributed by atoms with Crippen LogP contribution in [0.15, 0.2) is 64.0 Å². The van der Waals surface area contributed by atoms with Gasteiger partial charge in [-0.15, -0.1) is 0 Å². The standard InChI is InChI=1S/C26H29N3O4S/c1-19-8-10-21(11-9-19)12-13-24-25(20(2)28-33-24)34(31,32)29-16-14-23(15-17-29)26(30)27-18-22-6-4-3-5-7-22/h3-13,23H,14-18H2,1-2H3,(H,27,30). The topological polar surface area (TPSA) is 92.5 Å². The molecule has 1 N–H and O–H groups in total. The summed E-state index contributed by atoms with van der Waals surface area (Å²) >= 11 is 0. The molecule has 0 atom stereocenters. The number of amides is 1. The molecule has 0 unspecified atom stereocenters. The third kappa shape index (κ3) is 5.46. The van der Waals surface area contributed by atoms with E-state index in [0.717, 1.165) is 16.7 Å². The highest BCUT2D eigenvalue weighted by Gasteiger charge is 2.35. The molecular weight excluding hydrogens is 450 g/mol. The van der Waals surface area contributed by atoms with Crippen LogP contribution >= 0.6 is 0 Å². The normalized spacial score (nSPS) is 15.6. The molecule has 0 spiro atoms. The zero-order valence-corrected chi connectivity index (χ0v) is 20.2. The third-order valence-electron chi connectivity index (χ3n) is 6.07. The number of aryl methyl sites for hydroxylation is 2. The summed E-state index contributed by atoms with van der Waals surface area (Å²) in [5.41, 5.74) is 3.44. The number of hydrogen-bond donors (Lipinski definition) is 1. The molecule has 1 aromatic heterocycles. The van der Waals surface area contributed by atoms with Crippen LogP contribution in [0.2, 0.25) is 0 Å². The number of carbonyl (C=O) groups excluding carboxylic acids is 1. The minimum Gasteiger partial charge on any atom is -0.355 e. The van der Waals surface area contributed by atoms with E-state index in [0.29, 0.717) is 25.1 Å². The second-order valence-electron chi connectivity index (χ2n) is 8.59. The van der Waals surface area contributed by atoms with Gasteiger partial charge in [-0.1, -0.05) is 71.4 Å². The number of aromatic nitrogens is 1. The first-order chi connectivity index (χ1) is 16.3. The fourth-order valence-corrected chi connectivity index (χ4v) is 5.78. The van der Waals surface area contributed by atoms with E-state index in [1.807, 2.05) is 67.6 Å². The predicted molar refractivity (Wildman–Crippen MR) is 131 cm³/mol. The summed E-state index contributed by atoms with van der Waals surface area (Å²) in [5.74, 6) is -0.0378. The lowest BCUT2D eigenvalue weighted by atomic mass is 9.97. The first kappa shape index (κ1) is 23.9. The number of rotatable bonds is 7. The van der Waals surface area contributed by atoms with Gasteiger partial charge in [0.05, 0.1) is 0 Å². The van der Waals surface area contributed by atoms with Gasteiger partial charge in [-0.3, -0.25) is 4.79 Å². The summed E-state index contributed by atoms with van der Waals surface area (Å²) in [6, 6.07) is 17.6. The van der Waals surface area contributed by atoms with Crippen LogP contribution in [-0.4, -0.2) is 36.9 Å². The minimum atomic E-state index is -3.80. The van der Waals surface area contributed by atoms with Crippen molar-refractivity contribution in [1.29, 1.82) is 0 Å². The lowest BCUT2D eigenvalue weighted by Gasteiger charge is -2.30. The number of benzene rings is 2. The third-order valence-corrected chi connectivity index (χ3v) is 8.13. The highest BCUT2D eigenvalue weighted by atomic mass is 32.2. The van der Waals surface area contributed by atoms with Crippen molar-refractivity contribution in [2.45, 2.75) is 38.1 Å². The molecule has 0 bridgehead atoms. The number of nitrogens with zero attached hydrogens (tertiary/aromatic N) is 2. The molecule has 1 fully saturated rings. The van der Waals surface area contributed by atoms with Crippen LogP contribution in [0.3, 0.4) is 0 Å². The molecular formula is C26H29N3O4S. The van der Waals surface area contributed by atoms with Gasteiger partial charge >= 0.3 is 0 Å². The van der Waals surface area contributed by atoms with Gasteiger partial charge in [-0.25, -0.2) is 8.42 Å². The van der Waals surface area contributed by atoms with E-state index in [2.05, 4.69) is 10.5 Å². The first-order valence-corrected chi connectivity index (χ1v) is 12.8. The van der Waals surface area contributed by atoms with Gasteiger partial charge in [0.1, 0.15) is 5.69 Å². The van der Waals surface area contributed by atoms with Gasteiger partial charge < -0.3 is 9.84 Å². The van der Waals surface area contributed by atoms with Crippen LogP contribution in [0.5, 0.6) is 0 Å². The molecule has 7 nitrogen and oxygen atoms in total. The van der Waals surface area contributed by atoms with Gasteiger partial charge in [-0.2, -0.15) is 4.31 Å². The highest BCUT2D eigenvalue weighted by molar-refractivity contribution is 7.89. The second-order valence-corrected chi connectivity index (χ2v) is 10.5. The number of sulfonamides is 1. The summed E-state index contributed by atoms with van der Waals surface area (Å²) in [4.78, 5) is 12.7. The largest absolute Gasteiger partial charge is 0.355 e. The molecule has 34 heavy (non-hydrogen) atoms. The minimum absolute atomic E-state index is 0.0382. The molecule has 3 aromatic rings. The molecule has 8 heteroatoms. The van der Waals surface area contributed by atoms with E-state index in [-0.39, 0.29) is 35.6 Å². The molecule has 0 radical (unpaired) electrons. The van der Waals surface area contributed by atoms with Crippen molar-refractivity contribution in [3.05, 3.63) is 82.7 Å². The van der Waals surface area contributed by atoms with E-state index < -0.39 is 10.0 Å². The van der Waals surface area contributed by atoms with E-state index in [4.69, 9.17) is 4.52 Å². The first-order valence-electron chi connectivity index (χ1n) is 11.4. The number of piperidine rings is 1. The van der Waals surface area contributed by atoms with Gasteiger partial charge in [0, 0.05) is 25.6 Å². The van der Waals surface area contributed by atoms with E-state index in [9.17, 15) is 13.2 Å². The van der Waals surface area contributed by atoms with Crippen LogP contribution < -0.4 is 5.32 Å². The summed E-state index contributed by atoms with van der Waals surface area (Å²) in [6.45, 7) is 4.65. The SMILES string of the molecule is Cc1ccc(C=Cc2onc(C)c2S(=O)(=O)N2CCC(C(=O)NCc3ccccc3)CC2)cc1. The Bertz CT molecular complexity index is 1260. The van der Waals surface area contributed by atoms with E-state index in [1.54, 1.807) is 13.0 Å². The van der Waals surface area contributed by atoms with Gasteiger partial charge in [0.25, 0.3) is 0 Å². The second kappa shape index (κ2) is 10.4. The van der Waals surface area contributed by atoms with Crippen molar-refractivity contribution < 1.29 is 17.7 Å². The number of carbonyl (C=O) groups is 1. The molecule has 0 saturated carbocycles. The zero-order valence-electron chi connectivity index (χ0n) is 19.4. The molecule has 1 aliphatic rings. The summed E-state index contributed by atoms with van der Waals surface area (Å²) in [5, 5.41) is 6.87. The van der Waals surface area contributed by atoms with Gasteiger partial charge in [0.15, 0.2) is 10.7 Å². The summed E-state index contributed by atoms with van der Waals surface area (Å²) in [6.07, 6.45) is 4.39. The molecule has 1 aliphatic heterocycles. The molecule has 0 aliphatic carbocycles. The number of nitrogens with one attached hydrogen (secondary N) is 1. The van der Waals surface area contributed by atoms with Crippen LogP contribution in [0.1, 0.15) is 41.0 Å². The molecule has 1 amide bonds. The van der Waals surface area contributed by atoms with Crippen molar-refractivity contribution in [2.24, 2.45) is 5.92 Å². The molecule has 1 saturated heterocycles. The fraction of sp³-hybridized carbons (Fsp3) is 0.308. The maximum atomic E-state index is 13.4. The smallest absolute Gasteiger partial charge is 0.248 e. The Kier molecular flexibility index (Phi) is 7.29. The fourth-order valence-electron chi connectivity index (χ4n) is 4.07. The van der Waals surface area contributed by atoms with Crippen LogP contribution in [0.4, 0.5) is 0 Å². The van der Waals surface area contributed by atoms with Crippen LogP contribution in [0, 0.1) is 19.8 Å². The van der Waals surface area contributed by atoms with E-state index >= 15 is 0 Å². The lowest BCUT2D eigenvalue weighted by Crippen LogP contribution is -2.43. The quantitative estimate of drug-likeness (QED) is 0.549. The molecule has 2 heterocycles. The Morgan fingerprint density at radius 3 is 2.41 bits per heavy atom. The highest BCUT2D eigenvalue weighted by Crippen LogP contribution is 2.29. The maximum absolute atomic E-state index is 13.4. The van der Waals surface area contributed by atoms with Crippen molar-refractivity contribution in [3.8, 4) is 0 Å². The predicted octanol–water partition coefficient (Wildman–Crippen LogP) is 4.18.